The molecule has 0 saturated carbocycles. The number of hydrogen-bond donors (Lipinski definition) is 2. The van der Waals surface area contributed by atoms with E-state index in [2.05, 4.69) is 46.1 Å². The molecule has 1 aromatic rings. The summed E-state index contributed by atoms with van der Waals surface area (Å²) >= 11 is 0. The van der Waals surface area contributed by atoms with E-state index in [1.54, 1.807) is 12.7 Å². The summed E-state index contributed by atoms with van der Waals surface area (Å²) in [6, 6.07) is 9.58. The van der Waals surface area contributed by atoms with Crippen LogP contribution in [0.25, 0.3) is 0 Å². The van der Waals surface area contributed by atoms with Crippen LogP contribution in [0.3, 0.4) is 0 Å². The molecule has 3 saturated heterocycles. The zero-order valence-corrected chi connectivity index (χ0v) is 23.7. The second-order valence-corrected chi connectivity index (χ2v) is 11.6. The molecule has 4 aliphatic rings. The number of aryl methyl sites for hydroxylation is 1. The SMILES string of the molecule is C=C(/C(C)=C(\N=C/N)C(=O)N1CCC(NC2CCOCC2OC)CC1)N1CCC2(CCc3ccccc32)CC1. The molecule has 1 amide bonds. The minimum Gasteiger partial charge on any atom is -0.390 e. The van der Waals surface area contributed by atoms with E-state index in [1.807, 2.05) is 11.8 Å². The summed E-state index contributed by atoms with van der Waals surface area (Å²) in [4.78, 5) is 22.2. The molecule has 3 heterocycles. The molecule has 212 valence electrons. The van der Waals surface area contributed by atoms with Crippen LogP contribution in [-0.4, -0.2) is 86.7 Å². The molecule has 8 nitrogen and oxygen atoms in total. The van der Waals surface area contributed by atoms with Crippen molar-refractivity contribution in [2.24, 2.45) is 10.7 Å². The zero-order valence-electron chi connectivity index (χ0n) is 23.7. The van der Waals surface area contributed by atoms with Crippen molar-refractivity contribution in [2.45, 2.75) is 75.5 Å². The zero-order chi connectivity index (χ0) is 27.4. The number of nitrogens with zero attached hydrogens (tertiary/aromatic N) is 3. The number of carbonyl (C=O) groups excluding carboxylic acids is 1. The van der Waals surface area contributed by atoms with E-state index in [9.17, 15) is 4.79 Å². The first kappa shape index (κ1) is 27.9. The third-order valence-electron chi connectivity index (χ3n) is 9.60. The van der Waals surface area contributed by atoms with Gasteiger partial charge in [0.2, 0.25) is 0 Å². The lowest BCUT2D eigenvalue weighted by atomic mass is 9.73. The Hall–Kier alpha value is -2.68. The quantitative estimate of drug-likeness (QED) is 0.241. The summed E-state index contributed by atoms with van der Waals surface area (Å²) < 4.78 is 11.2. The number of aliphatic imine (C=N–C) groups is 1. The molecule has 3 fully saturated rings. The molecular formula is C31H45N5O3. The van der Waals surface area contributed by atoms with Crippen molar-refractivity contribution in [3.8, 4) is 0 Å². The fourth-order valence-electron chi connectivity index (χ4n) is 7.09. The molecule has 5 rings (SSSR count). The van der Waals surface area contributed by atoms with Crippen LogP contribution < -0.4 is 11.1 Å². The van der Waals surface area contributed by atoms with Crippen LogP contribution in [0.1, 0.15) is 56.6 Å². The van der Waals surface area contributed by atoms with Crippen LogP contribution in [0.5, 0.6) is 0 Å². The minimum absolute atomic E-state index is 0.0622. The van der Waals surface area contributed by atoms with Crippen LogP contribution in [0.4, 0.5) is 0 Å². The molecule has 8 heteroatoms. The van der Waals surface area contributed by atoms with Crippen molar-refractivity contribution < 1.29 is 14.3 Å². The molecule has 0 aromatic heterocycles. The summed E-state index contributed by atoms with van der Waals surface area (Å²) in [6.45, 7) is 11.0. The van der Waals surface area contributed by atoms with Gasteiger partial charge in [-0.15, -0.1) is 0 Å². The highest BCUT2D eigenvalue weighted by Gasteiger charge is 2.41. The van der Waals surface area contributed by atoms with Crippen LogP contribution in [0.15, 0.2) is 52.8 Å². The molecule has 3 N–H and O–H groups in total. The molecule has 2 atom stereocenters. The van der Waals surface area contributed by atoms with E-state index in [-0.39, 0.29) is 17.4 Å². The number of fused-ring (bicyclic) bond motifs is 2. The summed E-state index contributed by atoms with van der Waals surface area (Å²) in [5.74, 6) is -0.0622. The van der Waals surface area contributed by atoms with Gasteiger partial charge in [-0.05, 0) is 68.4 Å². The van der Waals surface area contributed by atoms with Gasteiger partial charge in [0.25, 0.3) is 5.91 Å². The Labute approximate surface area is 233 Å². The van der Waals surface area contributed by atoms with Crippen LogP contribution >= 0.6 is 0 Å². The Morgan fingerprint density at radius 3 is 2.62 bits per heavy atom. The van der Waals surface area contributed by atoms with Crippen molar-refractivity contribution in [1.29, 1.82) is 0 Å². The molecule has 1 spiro atoms. The van der Waals surface area contributed by atoms with E-state index in [4.69, 9.17) is 15.2 Å². The average molecular weight is 536 g/mol. The number of nitrogens with one attached hydrogen (secondary N) is 1. The Balaban J connectivity index is 1.19. The first-order valence-electron chi connectivity index (χ1n) is 14.6. The number of benzene rings is 1. The molecule has 0 bridgehead atoms. The monoisotopic (exact) mass is 535 g/mol. The van der Waals surface area contributed by atoms with E-state index in [0.29, 0.717) is 37.5 Å². The molecule has 1 aromatic carbocycles. The maximum atomic E-state index is 13.6. The van der Waals surface area contributed by atoms with Gasteiger partial charge in [-0.3, -0.25) is 4.79 Å². The lowest BCUT2D eigenvalue weighted by Gasteiger charge is -2.42. The number of piperidine rings is 2. The standard InChI is InChI=1S/C31H45N5O3/c1-22(23(2)35-17-13-31(14-18-35)12-8-24-6-4-5-7-26(24)31)29(33-21-32)30(37)36-15-9-25(10-16-36)34-27-11-19-39-20-28(27)38-3/h4-7,21,25,27-28,34H,2,8-20H2,1,3H3,(H2,32,33)/b29-22-. The third-order valence-corrected chi connectivity index (χ3v) is 9.60. The lowest BCUT2D eigenvalue weighted by Crippen LogP contribution is -2.54. The van der Waals surface area contributed by atoms with Crippen molar-refractivity contribution in [2.75, 3.05) is 46.5 Å². The minimum atomic E-state index is -0.0622. The summed E-state index contributed by atoms with van der Waals surface area (Å²) in [7, 11) is 1.74. The van der Waals surface area contributed by atoms with E-state index in [0.717, 1.165) is 63.1 Å². The number of likely N-dealkylation sites (tertiary alicyclic amines) is 2. The lowest BCUT2D eigenvalue weighted by molar-refractivity contribution is -0.128. The smallest absolute Gasteiger partial charge is 0.272 e. The highest BCUT2D eigenvalue weighted by atomic mass is 16.5. The van der Waals surface area contributed by atoms with Gasteiger partial charge in [0.05, 0.1) is 19.0 Å². The fourth-order valence-corrected chi connectivity index (χ4v) is 7.09. The van der Waals surface area contributed by atoms with Gasteiger partial charge >= 0.3 is 0 Å². The number of rotatable bonds is 7. The Morgan fingerprint density at radius 1 is 1.15 bits per heavy atom. The van der Waals surface area contributed by atoms with Crippen LogP contribution in [0, 0.1) is 0 Å². The normalized spacial score (nSPS) is 26.1. The van der Waals surface area contributed by atoms with E-state index >= 15 is 0 Å². The van der Waals surface area contributed by atoms with Crippen molar-refractivity contribution in [1.82, 2.24) is 15.1 Å². The van der Waals surface area contributed by atoms with E-state index in [1.165, 1.54) is 24.7 Å². The van der Waals surface area contributed by atoms with Crippen molar-refractivity contribution in [3.63, 3.8) is 0 Å². The molecule has 2 unspecified atom stereocenters. The number of allylic oxidation sites excluding steroid dienone is 1. The Morgan fingerprint density at radius 2 is 1.90 bits per heavy atom. The van der Waals surface area contributed by atoms with Gasteiger partial charge in [0.1, 0.15) is 5.70 Å². The van der Waals surface area contributed by atoms with Crippen LogP contribution in [0.2, 0.25) is 0 Å². The number of ether oxygens (including phenoxy) is 2. The molecule has 1 aliphatic carbocycles. The van der Waals surface area contributed by atoms with Crippen molar-refractivity contribution >= 4 is 12.2 Å². The number of hydrogen-bond acceptors (Lipinski definition) is 6. The summed E-state index contributed by atoms with van der Waals surface area (Å²) in [5, 5.41) is 3.76. The molecule has 0 radical (unpaired) electrons. The van der Waals surface area contributed by atoms with Gasteiger partial charge in [-0.25, -0.2) is 4.99 Å². The van der Waals surface area contributed by atoms with E-state index < -0.39 is 0 Å². The van der Waals surface area contributed by atoms with Gasteiger partial charge < -0.3 is 30.3 Å². The van der Waals surface area contributed by atoms with Crippen LogP contribution in [-0.2, 0) is 26.1 Å². The Kier molecular flexibility index (Phi) is 8.74. The predicted molar refractivity (Wildman–Crippen MR) is 155 cm³/mol. The largest absolute Gasteiger partial charge is 0.390 e. The highest BCUT2D eigenvalue weighted by molar-refractivity contribution is 5.95. The number of methoxy groups -OCH3 is 1. The maximum Gasteiger partial charge on any atom is 0.272 e. The summed E-state index contributed by atoms with van der Waals surface area (Å²) in [5.41, 5.74) is 11.2. The Bertz CT molecular complexity index is 1100. The first-order valence-corrected chi connectivity index (χ1v) is 14.6. The molecule has 3 aliphatic heterocycles. The number of nitrogens with two attached hydrogens (primary N) is 1. The van der Waals surface area contributed by atoms with Gasteiger partial charge in [-0.2, -0.15) is 0 Å². The third kappa shape index (κ3) is 5.79. The number of carbonyl (C=O) groups is 1. The average Bonchev–Trinajstić information content (AvgIpc) is 3.33. The second kappa shape index (κ2) is 12.2. The van der Waals surface area contributed by atoms with Crippen molar-refractivity contribution in [3.05, 3.63) is 58.9 Å². The van der Waals surface area contributed by atoms with Gasteiger partial charge in [0.15, 0.2) is 0 Å². The predicted octanol–water partition coefficient (Wildman–Crippen LogP) is 3.13. The van der Waals surface area contributed by atoms with Gasteiger partial charge in [-0.1, -0.05) is 30.8 Å². The van der Waals surface area contributed by atoms with Gasteiger partial charge in [0, 0.05) is 63.2 Å². The topological polar surface area (TPSA) is 92.4 Å². The fraction of sp³-hybridized carbons (Fsp3) is 0.613. The maximum absolute atomic E-state index is 13.6. The summed E-state index contributed by atoms with van der Waals surface area (Å²) in [6.07, 6.45) is 8.67. The number of amides is 1. The molecular weight excluding hydrogens is 490 g/mol. The first-order chi connectivity index (χ1) is 19.0. The second-order valence-electron chi connectivity index (χ2n) is 11.6. The molecule has 39 heavy (non-hydrogen) atoms. The highest BCUT2D eigenvalue weighted by Crippen LogP contribution is 2.46.